The minimum Gasteiger partial charge on any atom is -0.486 e. The van der Waals surface area contributed by atoms with Crippen molar-refractivity contribution >= 4 is 11.6 Å². The van der Waals surface area contributed by atoms with Crippen LogP contribution in [0.1, 0.15) is 16.1 Å². The standard InChI is InChI=1S/C19H17N3O3/c1-13-8-9-22(21-13)16-5-3-15(4-6-16)20-19(23)14-2-7-17-18(12-14)25-11-10-24-17/h2-9,12H,10-11H2,1H3,(H,20,23). The second-order valence-electron chi connectivity index (χ2n) is 5.76. The number of aryl methyl sites for hydroxylation is 1. The average Bonchev–Trinajstić information content (AvgIpc) is 3.08. The van der Waals surface area contributed by atoms with Gasteiger partial charge in [0.15, 0.2) is 11.5 Å². The predicted molar refractivity (Wildman–Crippen MR) is 93.7 cm³/mol. The van der Waals surface area contributed by atoms with Gasteiger partial charge in [-0.3, -0.25) is 4.79 Å². The van der Waals surface area contributed by atoms with E-state index in [1.54, 1.807) is 22.9 Å². The number of aromatic nitrogens is 2. The van der Waals surface area contributed by atoms with Crippen LogP contribution in [0.2, 0.25) is 0 Å². The molecule has 6 heteroatoms. The van der Waals surface area contributed by atoms with E-state index >= 15 is 0 Å². The van der Waals surface area contributed by atoms with Crippen molar-refractivity contribution in [3.63, 3.8) is 0 Å². The Morgan fingerprint density at radius 1 is 1.04 bits per heavy atom. The van der Waals surface area contributed by atoms with E-state index in [1.807, 2.05) is 43.5 Å². The molecule has 0 bridgehead atoms. The van der Waals surface area contributed by atoms with Crippen molar-refractivity contribution in [2.75, 3.05) is 18.5 Å². The Hall–Kier alpha value is -3.28. The number of carbonyl (C=O) groups excluding carboxylic acids is 1. The molecule has 6 nitrogen and oxygen atoms in total. The minimum atomic E-state index is -0.195. The van der Waals surface area contributed by atoms with E-state index in [4.69, 9.17) is 9.47 Å². The van der Waals surface area contributed by atoms with Gasteiger partial charge in [0.05, 0.1) is 11.4 Å². The van der Waals surface area contributed by atoms with Crippen molar-refractivity contribution in [3.05, 3.63) is 66.0 Å². The molecule has 0 fully saturated rings. The fourth-order valence-electron chi connectivity index (χ4n) is 2.64. The zero-order valence-corrected chi connectivity index (χ0v) is 13.7. The lowest BCUT2D eigenvalue weighted by atomic mass is 10.1. The Kier molecular flexibility index (Phi) is 3.85. The van der Waals surface area contributed by atoms with Crippen molar-refractivity contribution in [1.82, 2.24) is 9.78 Å². The molecule has 0 saturated heterocycles. The third-order valence-electron chi connectivity index (χ3n) is 3.92. The second-order valence-corrected chi connectivity index (χ2v) is 5.76. The van der Waals surface area contributed by atoms with Crippen LogP contribution in [0.15, 0.2) is 54.7 Å². The van der Waals surface area contributed by atoms with Gasteiger partial charge in [-0.25, -0.2) is 4.68 Å². The van der Waals surface area contributed by atoms with Gasteiger partial charge in [0.1, 0.15) is 13.2 Å². The van der Waals surface area contributed by atoms with E-state index in [2.05, 4.69) is 10.4 Å². The van der Waals surface area contributed by atoms with Gasteiger partial charge in [-0.05, 0) is 55.5 Å². The molecule has 0 atom stereocenters. The third-order valence-corrected chi connectivity index (χ3v) is 3.92. The van der Waals surface area contributed by atoms with Crippen LogP contribution in [-0.4, -0.2) is 28.9 Å². The second kappa shape index (κ2) is 6.32. The van der Waals surface area contributed by atoms with Crippen molar-refractivity contribution in [2.24, 2.45) is 0 Å². The zero-order valence-electron chi connectivity index (χ0n) is 13.7. The highest BCUT2D eigenvalue weighted by atomic mass is 16.6. The van der Waals surface area contributed by atoms with Crippen LogP contribution < -0.4 is 14.8 Å². The van der Waals surface area contributed by atoms with Gasteiger partial charge in [0.2, 0.25) is 0 Å². The number of hydrogen-bond donors (Lipinski definition) is 1. The van der Waals surface area contributed by atoms with Crippen LogP contribution in [0.4, 0.5) is 5.69 Å². The number of anilines is 1. The van der Waals surface area contributed by atoms with Crippen molar-refractivity contribution in [1.29, 1.82) is 0 Å². The number of rotatable bonds is 3. The highest BCUT2D eigenvalue weighted by Gasteiger charge is 2.15. The smallest absolute Gasteiger partial charge is 0.255 e. The number of benzene rings is 2. The molecule has 0 spiro atoms. The van der Waals surface area contributed by atoms with Gasteiger partial charge in [0.25, 0.3) is 5.91 Å². The maximum Gasteiger partial charge on any atom is 0.255 e. The topological polar surface area (TPSA) is 65.4 Å². The fourth-order valence-corrected chi connectivity index (χ4v) is 2.64. The molecule has 126 valence electrons. The maximum absolute atomic E-state index is 12.4. The number of nitrogens with zero attached hydrogens (tertiary/aromatic N) is 2. The first kappa shape index (κ1) is 15.3. The molecule has 3 aromatic rings. The molecular weight excluding hydrogens is 318 g/mol. The summed E-state index contributed by atoms with van der Waals surface area (Å²) < 4.78 is 12.8. The van der Waals surface area contributed by atoms with Crippen LogP contribution in [0.3, 0.4) is 0 Å². The number of hydrogen-bond acceptors (Lipinski definition) is 4. The Labute approximate surface area is 145 Å². The quantitative estimate of drug-likeness (QED) is 0.798. The SMILES string of the molecule is Cc1ccn(-c2ccc(NC(=O)c3ccc4c(c3)OCCO4)cc2)n1. The number of fused-ring (bicyclic) bond motifs is 1. The van der Waals surface area contributed by atoms with Gasteiger partial charge >= 0.3 is 0 Å². The monoisotopic (exact) mass is 335 g/mol. The average molecular weight is 335 g/mol. The van der Waals surface area contributed by atoms with E-state index in [0.717, 1.165) is 11.4 Å². The number of carbonyl (C=O) groups is 1. The molecular formula is C19H17N3O3. The summed E-state index contributed by atoms with van der Waals surface area (Å²) in [6, 6.07) is 14.6. The Bertz CT molecular complexity index is 916. The maximum atomic E-state index is 12.4. The number of amides is 1. The van der Waals surface area contributed by atoms with Crippen molar-refractivity contribution in [2.45, 2.75) is 6.92 Å². The van der Waals surface area contributed by atoms with Gasteiger partial charge in [-0.15, -0.1) is 0 Å². The van der Waals surface area contributed by atoms with E-state index in [-0.39, 0.29) is 5.91 Å². The number of nitrogens with one attached hydrogen (secondary N) is 1. The first-order valence-electron chi connectivity index (χ1n) is 8.03. The molecule has 1 aromatic heterocycles. The van der Waals surface area contributed by atoms with Crippen LogP contribution in [0, 0.1) is 6.92 Å². The predicted octanol–water partition coefficient (Wildman–Crippen LogP) is 3.20. The molecule has 1 aliphatic heterocycles. The molecule has 0 unspecified atom stereocenters. The largest absolute Gasteiger partial charge is 0.486 e. The summed E-state index contributed by atoms with van der Waals surface area (Å²) in [6.07, 6.45) is 1.90. The fraction of sp³-hybridized carbons (Fsp3) is 0.158. The minimum absolute atomic E-state index is 0.195. The summed E-state index contributed by atoms with van der Waals surface area (Å²) in [6.45, 7) is 2.96. The Morgan fingerprint density at radius 2 is 1.80 bits per heavy atom. The third kappa shape index (κ3) is 3.19. The number of ether oxygens (including phenoxy) is 2. The molecule has 1 amide bonds. The van der Waals surface area contributed by atoms with Gasteiger partial charge in [0, 0.05) is 17.4 Å². The molecule has 4 rings (SSSR count). The summed E-state index contributed by atoms with van der Waals surface area (Å²) >= 11 is 0. The van der Waals surface area contributed by atoms with Crippen LogP contribution >= 0.6 is 0 Å². The molecule has 1 N–H and O–H groups in total. The summed E-state index contributed by atoms with van der Waals surface area (Å²) in [5, 5.41) is 7.25. The molecule has 25 heavy (non-hydrogen) atoms. The van der Waals surface area contributed by atoms with E-state index in [1.165, 1.54) is 0 Å². The van der Waals surface area contributed by atoms with Crippen LogP contribution in [0.25, 0.3) is 5.69 Å². The first-order chi connectivity index (χ1) is 12.2. The van der Waals surface area contributed by atoms with Crippen LogP contribution in [-0.2, 0) is 0 Å². The van der Waals surface area contributed by atoms with E-state index in [0.29, 0.717) is 36.0 Å². The summed E-state index contributed by atoms with van der Waals surface area (Å²) in [5.74, 6) is 1.07. The highest BCUT2D eigenvalue weighted by molar-refractivity contribution is 6.04. The molecule has 0 saturated carbocycles. The summed E-state index contributed by atoms with van der Waals surface area (Å²) in [5.41, 5.74) is 3.13. The lowest BCUT2D eigenvalue weighted by Crippen LogP contribution is -2.17. The van der Waals surface area contributed by atoms with Gasteiger partial charge in [-0.2, -0.15) is 5.10 Å². The summed E-state index contributed by atoms with van der Waals surface area (Å²) in [7, 11) is 0. The lowest BCUT2D eigenvalue weighted by molar-refractivity contribution is 0.102. The Balaban J connectivity index is 1.49. The van der Waals surface area contributed by atoms with Crippen LogP contribution in [0.5, 0.6) is 11.5 Å². The lowest BCUT2D eigenvalue weighted by Gasteiger charge is -2.18. The molecule has 2 heterocycles. The zero-order chi connectivity index (χ0) is 17.2. The van der Waals surface area contributed by atoms with E-state index in [9.17, 15) is 4.79 Å². The first-order valence-corrected chi connectivity index (χ1v) is 8.03. The van der Waals surface area contributed by atoms with Crippen molar-refractivity contribution < 1.29 is 14.3 Å². The van der Waals surface area contributed by atoms with E-state index < -0.39 is 0 Å². The highest BCUT2D eigenvalue weighted by Crippen LogP contribution is 2.31. The summed E-state index contributed by atoms with van der Waals surface area (Å²) in [4.78, 5) is 12.4. The molecule has 0 radical (unpaired) electrons. The molecule has 0 aliphatic carbocycles. The van der Waals surface area contributed by atoms with Gasteiger partial charge < -0.3 is 14.8 Å². The molecule has 2 aromatic carbocycles. The van der Waals surface area contributed by atoms with Crippen molar-refractivity contribution in [3.8, 4) is 17.2 Å². The Morgan fingerprint density at radius 3 is 2.52 bits per heavy atom. The van der Waals surface area contributed by atoms with Gasteiger partial charge in [-0.1, -0.05) is 0 Å². The normalized spacial score (nSPS) is 12.7. The molecule has 1 aliphatic rings.